The van der Waals surface area contributed by atoms with Crippen LogP contribution in [-0.4, -0.2) is 37.1 Å². The van der Waals surface area contributed by atoms with Gasteiger partial charge in [-0.05, 0) is 55.2 Å². The van der Waals surface area contributed by atoms with Crippen LogP contribution >= 0.6 is 0 Å². The maximum atomic E-state index is 13.8. The third kappa shape index (κ3) is 3.59. The van der Waals surface area contributed by atoms with Crippen LogP contribution in [0.5, 0.6) is 5.75 Å². The molecule has 1 saturated carbocycles. The molecule has 1 aromatic rings. The molecule has 0 amide bonds. The van der Waals surface area contributed by atoms with Gasteiger partial charge >= 0.3 is 0 Å². The summed E-state index contributed by atoms with van der Waals surface area (Å²) in [6.07, 6.45) is 4.35. The number of guanidine groups is 1. The lowest BCUT2D eigenvalue weighted by Crippen LogP contribution is -2.44. The molecule has 1 atom stereocenters. The van der Waals surface area contributed by atoms with Crippen molar-refractivity contribution in [2.75, 3.05) is 20.2 Å². The molecule has 0 aromatic heterocycles. The Labute approximate surface area is 137 Å². The smallest absolute Gasteiger partial charge is 0.191 e. The second-order valence-electron chi connectivity index (χ2n) is 6.90. The maximum absolute atomic E-state index is 13.8. The summed E-state index contributed by atoms with van der Waals surface area (Å²) in [5.74, 6) is 1.75. The van der Waals surface area contributed by atoms with Crippen molar-refractivity contribution in [3.8, 4) is 5.75 Å². The summed E-state index contributed by atoms with van der Waals surface area (Å²) < 4.78 is 18.7. The first kappa shape index (κ1) is 16.1. The van der Waals surface area contributed by atoms with Crippen molar-refractivity contribution in [3.05, 3.63) is 29.6 Å². The van der Waals surface area contributed by atoms with Crippen LogP contribution in [-0.2, 0) is 0 Å². The van der Waals surface area contributed by atoms with E-state index < -0.39 is 0 Å². The maximum Gasteiger partial charge on any atom is 0.191 e. The fourth-order valence-electron chi connectivity index (χ4n) is 3.57. The SMILES string of the molecule is COc1ccc(C2CC(N=C(N)N3CCCC(C)C3)C2)cc1F. The molecule has 2 fully saturated rings. The highest BCUT2D eigenvalue weighted by Gasteiger charge is 2.31. The van der Waals surface area contributed by atoms with Gasteiger partial charge in [0.1, 0.15) is 0 Å². The van der Waals surface area contributed by atoms with Gasteiger partial charge in [0.25, 0.3) is 0 Å². The minimum absolute atomic E-state index is 0.266. The Bertz CT molecular complexity index is 584. The summed E-state index contributed by atoms with van der Waals surface area (Å²) >= 11 is 0. The van der Waals surface area contributed by atoms with Gasteiger partial charge in [0, 0.05) is 13.1 Å². The highest BCUT2D eigenvalue weighted by atomic mass is 19.1. The molecule has 1 saturated heterocycles. The first-order valence-electron chi connectivity index (χ1n) is 8.48. The third-order valence-electron chi connectivity index (χ3n) is 5.06. The van der Waals surface area contributed by atoms with Gasteiger partial charge in [-0.2, -0.15) is 0 Å². The Morgan fingerprint density at radius 1 is 1.39 bits per heavy atom. The molecule has 23 heavy (non-hydrogen) atoms. The molecule has 4 nitrogen and oxygen atoms in total. The number of rotatable bonds is 3. The molecule has 1 unspecified atom stereocenters. The van der Waals surface area contributed by atoms with Gasteiger partial charge in [-0.25, -0.2) is 9.38 Å². The van der Waals surface area contributed by atoms with Crippen LogP contribution in [0.15, 0.2) is 23.2 Å². The van der Waals surface area contributed by atoms with Crippen molar-refractivity contribution in [1.29, 1.82) is 0 Å². The van der Waals surface area contributed by atoms with E-state index in [0.717, 1.165) is 31.5 Å². The Morgan fingerprint density at radius 3 is 2.83 bits per heavy atom. The van der Waals surface area contributed by atoms with E-state index >= 15 is 0 Å². The monoisotopic (exact) mass is 319 g/mol. The number of halogens is 1. The summed E-state index contributed by atoms with van der Waals surface area (Å²) in [4.78, 5) is 6.88. The molecule has 2 N–H and O–H groups in total. The van der Waals surface area contributed by atoms with E-state index in [4.69, 9.17) is 10.5 Å². The Balaban J connectivity index is 1.56. The number of methoxy groups -OCH3 is 1. The first-order valence-corrected chi connectivity index (χ1v) is 8.48. The lowest BCUT2D eigenvalue weighted by molar-refractivity contribution is 0.265. The molecule has 2 aliphatic rings. The molecule has 5 heteroatoms. The Hall–Kier alpha value is -1.78. The topological polar surface area (TPSA) is 50.9 Å². The molecule has 1 aliphatic carbocycles. The van der Waals surface area contributed by atoms with Crippen molar-refractivity contribution in [1.82, 2.24) is 4.90 Å². The fraction of sp³-hybridized carbons (Fsp3) is 0.611. The number of hydrogen-bond acceptors (Lipinski definition) is 2. The molecule has 1 heterocycles. The van der Waals surface area contributed by atoms with Crippen LogP contribution in [0.1, 0.15) is 44.1 Å². The van der Waals surface area contributed by atoms with Crippen molar-refractivity contribution in [3.63, 3.8) is 0 Å². The average Bonchev–Trinajstić information content (AvgIpc) is 2.50. The van der Waals surface area contributed by atoms with E-state index in [-0.39, 0.29) is 11.9 Å². The summed E-state index contributed by atoms with van der Waals surface area (Å²) in [5.41, 5.74) is 7.19. The van der Waals surface area contributed by atoms with Crippen LogP contribution < -0.4 is 10.5 Å². The van der Waals surface area contributed by atoms with E-state index in [0.29, 0.717) is 23.5 Å². The van der Waals surface area contributed by atoms with Gasteiger partial charge in [0.15, 0.2) is 17.5 Å². The van der Waals surface area contributed by atoms with Gasteiger partial charge in [-0.15, -0.1) is 0 Å². The predicted molar refractivity (Wildman–Crippen MR) is 90.3 cm³/mol. The minimum Gasteiger partial charge on any atom is -0.494 e. The molecule has 0 radical (unpaired) electrons. The molecule has 3 rings (SSSR count). The Kier molecular flexibility index (Phi) is 4.74. The number of likely N-dealkylation sites (tertiary alicyclic amines) is 1. The number of nitrogens with zero attached hydrogens (tertiary/aromatic N) is 2. The van der Waals surface area contributed by atoms with Gasteiger partial charge < -0.3 is 15.4 Å². The molecule has 0 spiro atoms. The number of ether oxygens (including phenoxy) is 1. The number of hydrogen-bond donors (Lipinski definition) is 1. The van der Waals surface area contributed by atoms with Gasteiger partial charge in [0.05, 0.1) is 13.2 Å². The summed E-state index contributed by atoms with van der Waals surface area (Å²) in [6.45, 7) is 4.28. The molecular formula is C18H26FN3O. The van der Waals surface area contributed by atoms with Crippen molar-refractivity contribution in [2.24, 2.45) is 16.6 Å². The van der Waals surface area contributed by atoms with E-state index in [2.05, 4.69) is 16.8 Å². The number of nitrogens with two attached hydrogens (primary N) is 1. The van der Waals surface area contributed by atoms with Crippen LogP contribution in [0.4, 0.5) is 4.39 Å². The van der Waals surface area contributed by atoms with Gasteiger partial charge in [-0.1, -0.05) is 13.0 Å². The summed E-state index contributed by atoms with van der Waals surface area (Å²) in [6, 6.07) is 5.49. The average molecular weight is 319 g/mol. The zero-order valence-corrected chi connectivity index (χ0v) is 14.0. The zero-order chi connectivity index (χ0) is 16.4. The standard InChI is InChI=1S/C18H26FN3O/c1-12-4-3-7-22(11-12)18(20)21-15-8-14(9-15)13-5-6-17(23-2)16(19)10-13/h5-6,10,12,14-15H,3-4,7-9,11H2,1-2H3,(H2,20,21). The molecule has 1 aromatic carbocycles. The molecular weight excluding hydrogens is 293 g/mol. The lowest BCUT2D eigenvalue weighted by Gasteiger charge is -2.36. The predicted octanol–water partition coefficient (Wildman–Crippen LogP) is 3.13. The van der Waals surface area contributed by atoms with E-state index in [1.165, 1.54) is 20.0 Å². The number of benzene rings is 1. The fourth-order valence-corrected chi connectivity index (χ4v) is 3.57. The van der Waals surface area contributed by atoms with E-state index in [1.54, 1.807) is 12.1 Å². The third-order valence-corrected chi connectivity index (χ3v) is 5.06. The van der Waals surface area contributed by atoms with Crippen LogP contribution in [0, 0.1) is 11.7 Å². The number of piperidine rings is 1. The van der Waals surface area contributed by atoms with Crippen LogP contribution in [0.25, 0.3) is 0 Å². The normalized spacial score (nSPS) is 28.4. The van der Waals surface area contributed by atoms with Crippen molar-refractivity contribution in [2.45, 2.75) is 44.6 Å². The van der Waals surface area contributed by atoms with Crippen molar-refractivity contribution >= 4 is 5.96 Å². The second-order valence-corrected chi connectivity index (χ2v) is 6.90. The van der Waals surface area contributed by atoms with Crippen LogP contribution in [0.2, 0.25) is 0 Å². The molecule has 1 aliphatic heterocycles. The summed E-state index contributed by atoms with van der Waals surface area (Å²) in [5, 5.41) is 0. The largest absolute Gasteiger partial charge is 0.494 e. The quantitative estimate of drug-likeness (QED) is 0.688. The minimum atomic E-state index is -0.293. The Morgan fingerprint density at radius 2 is 2.17 bits per heavy atom. The van der Waals surface area contributed by atoms with E-state index in [9.17, 15) is 4.39 Å². The molecule has 126 valence electrons. The highest BCUT2D eigenvalue weighted by Crippen LogP contribution is 2.40. The number of aliphatic imine (C=N–C) groups is 1. The van der Waals surface area contributed by atoms with Crippen molar-refractivity contribution < 1.29 is 9.13 Å². The first-order chi connectivity index (χ1) is 11.1. The van der Waals surface area contributed by atoms with Gasteiger partial charge in [-0.3, -0.25) is 0 Å². The molecule has 0 bridgehead atoms. The lowest BCUT2D eigenvalue weighted by atomic mass is 9.76. The highest BCUT2D eigenvalue weighted by molar-refractivity contribution is 5.78. The zero-order valence-electron chi connectivity index (χ0n) is 14.0. The van der Waals surface area contributed by atoms with Crippen LogP contribution in [0.3, 0.4) is 0 Å². The second kappa shape index (κ2) is 6.77. The van der Waals surface area contributed by atoms with E-state index in [1.807, 2.05) is 6.07 Å². The van der Waals surface area contributed by atoms with Gasteiger partial charge in [0.2, 0.25) is 0 Å². The summed E-state index contributed by atoms with van der Waals surface area (Å²) in [7, 11) is 1.48.